The molecule has 2 aliphatic carbocycles. The third-order valence-corrected chi connectivity index (χ3v) is 5.07. The maximum absolute atomic E-state index is 12.2. The number of unbranched alkanes of at least 4 members (excludes halogenated alkanes) is 3. The van der Waals surface area contributed by atoms with Gasteiger partial charge in [0.2, 0.25) is 0 Å². The Kier molecular flexibility index (Phi) is 6.66. The van der Waals surface area contributed by atoms with Crippen molar-refractivity contribution in [2.75, 3.05) is 6.61 Å². The summed E-state index contributed by atoms with van der Waals surface area (Å²) >= 11 is 0. The zero-order chi connectivity index (χ0) is 13.5. The standard InChI is InChI=1S/C17H30O2/c1-2-3-4-5-13-19-17-12-11-16(18)14-7-6-8-15(17)10-9-14/h14-17H,1-13H2. The van der Waals surface area contributed by atoms with Gasteiger partial charge in [0.15, 0.2) is 0 Å². The number of ether oxygens (including phenoxy) is 1. The summed E-state index contributed by atoms with van der Waals surface area (Å²) in [4.78, 5) is 0. The van der Waals surface area contributed by atoms with Crippen LogP contribution in [0.25, 0.3) is 0 Å². The van der Waals surface area contributed by atoms with E-state index in [-0.39, 0.29) is 6.10 Å². The zero-order valence-electron chi connectivity index (χ0n) is 12.3. The zero-order valence-corrected chi connectivity index (χ0v) is 12.3. The molecule has 0 N–H and O–H groups in total. The molecule has 2 radical (unpaired) electrons. The normalized spacial score (nSPS) is 35.7. The molecule has 0 aromatic heterocycles. The first-order valence-corrected chi connectivity index (χ1v) is 8.38. The van der Waals surface area contributed by atoms with Crippen molar-refractivity contribution >= 4 is 0 Å². The second-order valence-electron chi connectivity index (χ2n) is 6.47. The van der Waals surface area contributed by atoms with Crippen LogP contribution in [-0.2, 0) is 9.84 Å². The van der Waals surface area contributed by atoms with E-state index in [2.05, 4.69) is 6.92 Å². The van der Waals surface area contributed by atoms with Crippen molar-refractivity contribution in [3.63, 3.8) is 0 Å². The number of fused-ring (bicyclic) bond motifs is 3. The molecule has 2 saturated carbocycles. The van der Waals surface area contributed by atoms with Gasteiger partial charge in [-0.05, 0) is 56.8 Å². The maximum atomic E-state index is 12.2. The summed E-state index contributed by atoms with van der Waals surface area (Å²) in [6.45, 7) is 4.75. The first kappa shape index (κ1) is 15.3. The van der Waals surface area contributed by atoms with Crippen LogP contribution in [0.15, 0.2) is 0 Å². The van der Waals surface area contributed by atoms with Crippen LogP contribution in [-0.4, -0.2) is 18.8 Å². The Hall–Kier alpha value is -0.0800. The second kappa shape index (κ2) is 8.26. The van der Waals surface area contributed by atoms with Gasteiger partial charge >= 0.3 is 0 Å². The van der Waals surface area contributed by atoms with Gasteiger partial charge in [-0.2, -0.15) is 0 Å². The highest BCUT2D eigenvalue weighted by atomic mass is 16.5. The first-order valence-electron chi connectivity index (χ1n) is 8.38. The number of rotatable bonds is 6. The van der Waals surface area contributed by atoms with Crippen LogP contribution in [0.5, 0.6) is 0 Å². The highest BCUT2D eigenvalue weighted by Gasteiger charge is 2.33. The minimum Gasteiger partial charge on any atom is -0.378 e. The lowest BCUT2D eigenvalue weighted by Gasteiger charge is -2.30. The van der Waals surface area contributed by atoms with Gasteiger partial charge < -0.3 is 4.74 Å². The molecule has 0 heterocycles. The molecule has 0 aromatic rings. The van der Waals surface area contributed by atoms with Crippen molar-refractivity contribution < 1.29 is 9.84 Å². The van der Waals surface area contributed by atoms with Crippen LogP contribution in [0.1, 0.15) is 70.6 Å². The average molecular weight is 266 g/mol. The van der Waals surface area contributed by atoms with E-state index in [4.69, 9.17) is 4.74 Å². The molecule has 4 atom stereocenters. The molecule has 2 aliphatic rings. The van der Waals surface area contributed by atoms with E-state index in [0.717, 1.165) is 44.6 Å². The fourth-order valence-corrected chi connectivity index (χ4v) is 3.81. The van der Waals surface area contributed by atoms with E-state index in [1.54, 1.807) is 0 Å². The van der Waals surface area contributed by atoms with Crippen molar-refractivity contribution in [2.45, 2.75) is 82.8 Å². The Balaban J connectivity index is 1.78. The number of hydrogen-bond acceptors (Lipinski definition) is 1. The SMILES string of the molecule is [CH2]CCCCCOC1CCC([O])C2CCCC1CC2. The largest absolute Gasteiger partial charge is 0.378 e. The third-order valence-electron chi connectivity index (χ3n) is 5.07. The van der Waals surface area contributed by atoms with E-state index in [1.807, 2.05) is 0 Å². The van der Waals surface area contributed by atoms with Crippen molar-refractivity contribution in [1.29, 1.82) is 0 Å². The molecule has 19 heavy (non-hydrogen) atoms. The van der Waals surface area contributed by atoms with E-state index in [9.17, 15) is 5.11 Å². The smallest absolute Gasteiger partial charge is 0.0959 e. The Bertz CT molecular complexity index is 241. The summed E-state index contributed by atoms with van der Waals surface area (Å²) in [5, 5.41) is 12.2. The van der Waals surface area contributed by atoms with Gasteiger partial charge in [0, 0.05) is 6.61 Å². The fraction of sp³-hybridized carbons (Fsp3) is 0.941. The highest BCUT2D eigenvalue weighted by molar-refractivity contribution is 4.83. The summed E-state index contributed by atoms with van der Waals surface area (Å²) < 4.78 is 6.14. The molecule has 0 aliphatic heterocycles. The van der Waals surface area contributed by atoms with Gasteiger partial charge in [0.1, 0.15) is 0 Å². The average Bonchev–Trinajstić information content (AvgIpc) is 2.63. The highest BCUT2D eigenvalue weighted by Crippen LogP contribution is 2.37. The monoisotopic (exact) mass is 266 g/mol. The van der Waals surface area contributed by atoms with Crippen molar-refractivity contribution in [1.82, 2.24) is 0 Å². The van der Waals surface area contributed by atoms with E-state index in [1.165, 1.54) is 38.5 Å². The van der Waals surface area contributed by atoms with Crippen LogP contribution in [0.3, 0.4) is 0 Å². The van der Waals surface area contributed by atoms with Gasteiger partial charge in [0.05, 0.1) is 12.2 Å². The first-order chi connectivity index (χ1) is 9.31. The molecule has 110 valence electrons. The molecule has 0 aromatic carbocycles. The summed E-state index contributed by atoms with van der Waals surface area (Å²) in [6.07, 6.45) is 12.6. The van der Waals surface area contributed by atoms with Crippen LogP contribution in [0, 0.1) is 18.8 Å². The van der Waals surface area contributed by atoms with E-state index in [0.29, 0.717) is 12.0 Å². The third kappa shape index (κ3) is 4.75. The van der Waals surface area contributed by atoms with Gasteiger partial charge in [-0.25, -0.2) is 5.11 Å². The van der Waals surface area contributed by atoms with Crippen molar-refractivity contribution in [3.05, 3.63) is 6.92 Å². The predicted molar refractivity (Wildman–Crippen MR) is 77.3 cm³/mol. The summed E-state index contributed by atoms with van der Waals surface area (Å²) in [5.74, 6) is 1.19. The summed E-state index contributed by atoms with van der Waals surface area (Å²) in [6, 6.07) is 0. The Morgan fingerprint density at radius 2 is 1.68 bits per heavy atom. The van der Waals surface area contributed by atoms with Crippen LogP contribution in [0.4, 0.5) is 0 Å². The molecule has 0 spiro atoms. The fourth-order valence-electron chi connectivity index (χ4n) is 3.81. The second-order valence-corrected chi connectivity index (χ2v) is 6.47. The maximum Gasteiger partial charge on any atom is 0.0959 e. The van der Waals surface area contributed by atoms with Crippen LogP contribution >= 0.6 is 0 Å². The van der Waals surface area contributed by atoms with E-state index >= 15 is 0 Å². The van der Waals surface area contributed by atoms with Gasteiger partial charge in [-0.15, -0.1) is 0 Å². The lowest BCUT2D eigenvalue weighted by molar-refractivity contribution is -0.0368. The minimum atomic E-state index is -0.323. The Morgan fingerprint density at radius 3 is 2.53 bits per heavy atom. The summed E-state index contributed by atoms with van der Waals surface area (Å²) in [5.41, 5.74) is 0. The Morgan fingerprint density at radius 1 is 0.895 bits per heavy atom. The van der Waals surface area contributed by atoms with Gasteiger partial charge in [0.25, 0.3) is 0 Å². The Labute approximate surface area is 118 Å². The lowest BCUT2D eigenvalue weighted by Crippen LogP contribution is -2.29. The summed E-state index contributed by atoms with van der Waals surface area (Å²) in [7, 11) is 0. The molecule has 2 nitrogen and oxygen atoms in total. The van der Waals surface area contributed by atoms with Crippen molar-refractivity contribution in [3.8, 4) is 0 Å². The molecule has 4 unspecified atom stereocenters. The van der Waals surface area contributed by atoms with Crippen molar-refractivity contribution in [2.24, 2.45) is 11.8 Å². The number of hydrogen-bond donors (Lipinski definition) is 0. The molecule has 0 saturated heterocycles. The van der Waals surface area contributed by atoms with Gasteiger partial charge in [-0.1, -0.05) is 32.6 Å². The lowest BCUT2D eigenvalue weighted by atomic mass is 9.84. The molecule has 2 fully saturated rings. The molecular weight excluding hydrogens is 236 g/mol. The molecule has 2 bridgehead atoms. The molecule has 0 amide bonds. The van der Waals surface area contributed by atoms with Crippen LogP contribution < -0.4 is 0 Å². The topological polar surface area (TPSA) is 29.1 Å². The van der Waals surface area contributed by atoms with Crippen LogP contribution in [0.2, 0.25) is 0 Å². The van der Waals surface area contributed by atoms with E-state index < -0.39 is 0 Å². The molecular formula is C17H30O2. The molecule has 2 rings (SSSR count). The quantitative estimate of drug-likeness (QED) is 0.648. The minimum absolute atomic E-state index is 0.323. The predicted octanol–water partition coefficient (Wildman–Crippen LogP) is 4.56. The van der Waals surface area contributed by atoms with Gasteiger partial charge in [-0.3, -0.25) is 0 Å². The molecule has 2 heteroatoms.